The predicted octanol–water partition coefficient (Wildman–Crippen LogP) is 0.474. The van der Waals surface area contributed by atoms with Crippen molar-refractivity contribution in [2.24, 2.45) is 29.2 Å². The first-order chi connectivity index (χ1) is 8.99. The molecular formula is C14H25N3O2. The monoisotopic (exact) mass is 267 g/mol. The van der Waals surface area contributed by atoms with Crippen LogP contribution in [0.3, 0.4) is 0 Å². The van der Waals surface area contributed by atoms with Crippen LogP contribution in [0.15, 0.2) is 0 Å². The molecule has 0 spiro atoms. The summed E-state index contributed by atoms with van der Waals surface area (Å²) in [7, 11) is 0. The van der Waals surface area contributed by atoms with Gasteiger partial charge in [-0.15, -0.1) is 0 Å². The van der Waals surface area contributed by atoms with Gasteiger partial charge in [-0.3, -0.25) is 9.59 Å². The van der Waals surface area contributed by atoms with Crippen molar-refractivity contribution in [1.29, 1.82) is 0 Å². The zero-order valence-electron chi connectivity index (χ0n) is 11.7. The molecule has 5 heteroatoms. The second-order valence-corrected chi connectivity index (χ2v) is 6.18. The highest BCUT2D eigenvalue weighted by molar-refractivity contribution is 5.81. The van der Waals surface area contributed by atoms with Crippen LogP contribution in [0.2, 0.25) is 0 Å². The number of amides is 2. The van der Waals surface area contributed by atoms with Crippen molar-refractivity contribution in [3.63, 3.8) is 0 Å². The first kappa shape index (κ1) is 14.3. The van der Waals surface area contributed by atoms with Crippen molar-refractivity contribution in [3.8, 4) is 0 Å². The third-order valence-corrected chi connectivity index (χ3v) is 4.72. The van der Waals surface area contributed by atoms with Gasteiger partial charge in [-0.1, -0.05) is 6.92 Å². The van der Waals surface area contributed by atoms with Crippen molar-refractivity contribution >= 4 is 11.8 Å². The highest BCUT2D eigenvalue weighted by atomic mass is 16.2. The van der Waals surface area contributed by atoms with Crippen LogP contribution in [0, 0.1) is 17.8 Å². The second kappa shape index (κ2) is 5.90. The van der Waals surface area contributed by atoms with Crippen LogP contribution in [-0.4, -0.2) is 35.8 Å². The van der Waals surface area contributed by atoms with E-state index in [2.05, 4.69) is 6.92 Å². The standard InChI is InChI=1S/C14H25N3O2/c1-9-7-10(4-5-12(9)15)14(19)17-6-2-3-11(8-17)13(16)18/h9-12H,2-8,15H2,1H3,(H2,16,18). The molecule has 2 aliphatic rings. The van der Waals surface area contributed by atoms with E-state index in [1.807, 2.05) is 4.90 Å². The first-order valence-electron chi connectivity index (χ1n) is 7.32. The third-order valence-electron chi connectivity index (χ3n) is 4.72. The average Bonchev–Trinajstić information content (AvgIpc) is 2.41. The summed E-state index contributed by atoms with van der Waals surface area (Å²) in [5.41, 5.74) is 11.3. The minimum atomic E-state index is -0.281. The van der Waals surface area contributed by atoms with Crippen molar-refractivity contribution in [2.75, 3.05) is 13.1 Å². The number of nitrogens with zero attached hydrogens (tertiary/aromatic N) is 1. The van der Waals surface area contributed by atoms with Gasteiger partial charge >= 0.3 is 0 Å². The summed E-state index contributed by atoms with van der Waals surface area (Å²) in [5.74, 6) is 0.239. The fourth-order valence-corrected chi connectivity index (χ4v) is 3.31. The highest BCUT2D eigenvalue weighted by Gasteiger charge is 2.34. The molecule has 0 bridgehead atoms. The molecule has 4 atom stereocenters. The number of hydrogen-bond acceptors (Lipinski definition) is 3. The van der Waals surface area contributed by atoms with Crippen molar-refractivity contribution in [1.82, 2.24) is 4.90 Å². The van der Waals surface area contributed by atoms with Crippen LogP contribution in [0.1, 0.15) is 39.0 Å². The summed E-state index contributed by atoms with van der Waals surface area (Å²) in [4.78, 5) is 25.6. The number of carbonyl (C=O) groups is 2. The number of rotatable bonds is 2. The predicted molar refractivity (Wildman–Crippen MR) is 73.0 cm³/mol. The van der Waals surface area contributed by atoms with Crippen molar-refractivity contribution < 1.29 is 9.59 Å². The molecule has 0 aromatic rings. The van der Waals surface area contributed by atoms with Crippen LogP contribution in [-0.2, 0) is 9.59 Å². The summed E-state index contributed by atoms with van der Waals surface area (Å²) in [6.45, 7) is 3.39. The number of piperidine rings is 1. The van der Waals surface area contributed by atoms with Gasteiger partial charge in [-0.2, -0.15) is 0 Å². The maximum atomic E-state index is 12.5. The molecule has 1 saturated carbocycles. The fourth-order valence-electron chi connectivity index (χ4n) is 3.31. The Hall–Kier alpha value is -1.10. The van der Waals surface area contributed by atoms with E-state index in [9.17, 15) is 9.59 Å². The van der Waals surface area contributed by atoms with Gasteiger partial charge in [0.15, 0.2) is 0 Å². The van der Waals surface area contributed by atoms with Crippen LogP contribution in [0.4, 0.5) is 0 Å². The molecule has 2 rings (SSSR count). The van der Waals surface area contributed by atoms with Gasteiger partial charge in [-0.05, 0) is 38.0 Å². The van der Waals surface area contributed by atoms with Gasteiger partial charge in [0.05, 0.1) is 5.92 Å². The Bertz CT molecular complexity index is 359. The van der Waals surface area contributed by atoms with Gasteiger partial charge in [0, 0.05) is 25.0 Å². The Labute approximate surface area is 114 Å². The minimum absolute atomic E-state index is 0.0847. The maximum absolute atomic E-state index is 12.5. The SMILES string of the molecule is CC1CC(C(=O)N2CCCC(C(N)=O)C2)CCC1N. The molecule has 1 heterocycles. The van der Waals surface area contributed by atoms with E-state index in [0.717, 1.165) is 38.6 Å². The molecule has 0 aromatic heterocycles. The largest absolute Gasteiger partial charge is 0.369 e. The molecule has 0 aromatic carbocycles. The summed E-state index contributed by atoms with van der Waals surface area (Å²) in [5, 5.41) is 0. The lowest BCUT2D eigenvalue weighted by Crippen LogP contribution is -2.48. The van der Waals surface area contributed by atoms with Crippen LogP contribution >= 0.6 is 0 Å². The molecular weight excluding hydrogens is 242 g/mol. The molecule has 1 aliphatic carbocycles. The highest BCUT2D eigenvalue weighted by Crippen LogP contribution is 2.30. The molecule has 2 fully saturated rings. The molecule has 1 saturated heterocycles. The lowest BCUT2D eigenvalue weighted by atomic mass is 9.78. The van der Waals surface area contributed by atoms with E-state index in [4.69, 9.17) is 11.5 Å². The Morgan fingerprint density at radius 3 is 2.53 bits per heavy atom. The van der Waals surface area contributed by atoms with E-state index in [0.29, 0.717) is 12.5 Å². The quantitative estimate of drug-likeness (QED) is 0.762. The summed E-state index contributed by atoms with van der Waals surface area (Å²) < 4.78 is 0. The van der Waals surface area contributed by atoms with Gasteiger partial charge in [0.25, 0.3) is 0 Å². The van der Waals surface area contributed by atoms with E-state index < -0.39 is 0 Å². The molecule has 4 unspecified atom stereocenters. The molecule has 4 N–H and O–H groups in total. The third kappa shape index (κ3) is 3.26. The van der Waals surface area contributed by atoms with Crippen molar-refractivity contribution in [2.45, 2.75) is 45.1 Å². The molecule has 108 valence electrons. The normalized spacial score (nSPS) is 36.0. The van der Waals surface area contributed by atoms with Gasteiger partial charge in [0.1, 0.15) is 0 Å². The summed E-state index contributed by atoms with van der Waals surface area (Å²) >= 11 is 0. The van der Waals surface area contributed by atoms with E-state index in [1.54, 1.807) is 0 Å². The van der Waals surface area contributed by atoms with Gasteiger partial charge in [0.2, 0.25) is 11.8 Å². The van der Waals surface area contributed by atoms with E-state index in [1.165, 1.54) is 0 Å². The minimum Gasteiger partial charge on any atom is -0.369 e. The summed E-state index contributed by atoms with van der Waals surface area (Å²) in [6.07, 6.45) is 4.36. The Morgan fingerprint density at radius 1 is 1.16 bits per heavy atom. The fraction of sp³-hybridized carbons (Fsp3) is 0.857. The topological polar surface area (TPSA) is 89.4 Å². The zero-order valence-corrected chi connectivity index (χ0v) is 11.7. The molecule has 19 heavy (non-hydrogen) atoms. The maximum Gasteiger partial charge on any atom is 0.225 e. The number of hydrogen-bond donors (Lipinski definition) is 2. The van der Waals surface area contributed by atoms with Gasteiger partial charge < -0.3 is 16.4 Å². The average molecular weight is 267 g/mol. The lowest BCUT2D eigenvalue weighted by molar-refractivity contribution is -0.140. The second-order valence-electron chi connectivity index (χ2n) is 6.18. The Kier molecular flexibility index (Phi) is 4.45. The lowest BCUT2D eigenvalue weighted by Gasteiger charge is -2.37. The van der Waals surface area contributed by atoms with E-state index in [-0.39, 0.29) is 29.7 Å². The van der Waals surface area contributed by atoms with Gasteiger partial charge in [-0.25, -0.2) is 0 Å². The van der Waals surface area contributed by atoms with Crippen LogP contribution in [0.5, 0.6) is 0 Å². The van der Waals surface area contributed by atoms with Crippen LogP contribution in [0.25, 0.3) is 0 Å². The molecule has 1 aliphatic heterocycles. The summed E-state index contributed by atoms with van der Waals surface area (Å²) in [6, 6.07) is 0.226. The number of carbonyl (C=O) groups excluding carboxylic acids is 2. The Morgan fingerprint density at radius 2 is 1.89 bits per heavy atom. The number of primary amides is 1. The smallest absolute Gasteiger partial charge is 0.225 e. The Balaban J connectivity index is 1.94. The van der Waals surface area contributed by atoms with Crippen LogP contribution < -0.4 is 11.5 Å². The number of nitrogens with two attached hydrogens (primary N) is 2. The molecule has 2 amide bonds. The molecule has 0 radical (unpaired) electrons. The van der Waals surface area contributed by atoms with Crippen molar-refractivity contribution in [3.05, 3.63) is 0 Å². The first-order valence-corrected chi connectivity index (χ1v) is 7.32. The van der Waals surface area contributed by atoms with E-state index >= 15 is 0 Å². The number of likely N-dealkylation sites (tertiary alicyclic amines) is 1. The zero-order chi connectivity index (χ0) is 14.0. The molecule has 5 nitrogen and oxygen atoms in total.